The standard InChI is InChI=1S/C10H21N/c1-3-10(4-2)7-5-9(11)6-8-10/h9H,3-8,11H2,1-2H3. The predicted octanol–water partition coefficient (Wildman–Crippen LogP) is 2.69. The molecule has 1 nitrogen and oxygen atoms in total. The number of rotatable bonds is 2. The van der Waals surface area contributed by atoms with Crippen LogP contribution in [0.5, 0.6) is 0 Å². The van der Waals surface area contributed by atoms with Crippen molar-refractivity contribution >= 4 is 0 Å². The summed E-state index contributed by atoms with van der Waals surface area (Å²) in [6, 6.07) is 0.501. The highest BCUT2D eigenvalue weighted by molar-refractivity contribution is 4.84. The van der Waals surface area contributed by atoms with Crippen LogP contribution in [-0.2, 0) is 0 Å². The summed E-state index contributed by atoms with van der Waals surface area (Å²) in [4.78, 5) is 0. The molecule has 1 saturated carbocycles. The van der Waals surface area contributed by atoms with E-state index in [1.54, 1.807) is 0 Å². The van der Waals surface area contributed by atoms with Gasteiger partial charge in [-0.2, -0.15) is 0 Å². The van der Waals surface area contributed by atoms with Gasteiger partial charge in [0.15, 0.2) is 0 Å². The number of hydrogen-bond acceptors (Lipinski definition) is 1. The molecule has 0 heterocycles. The minimum absolute atomic E-state index is 0.501. The quantitative estimate of drug-likeness (QED) is 0.652. The lowest BCUT2D eigenvalue weighted by Gasteiger charge is -2.38. The SMILES string of the molecule is CCC1(CC)CCC(N)CC1. The Morgan fingerprint density at radius 2 is 1.64 bits per heavy atom. The van der Waals surface area contributed by atoms with Gasteiger partial charge in [0.05, 0.1) is 0 Å². The monoisotopic (exact) mass is 155 g/mol. The molecular weight excluding hydrogens is 134 g/mol. The molecule has 0 amide bonds. The van der Waals surface area contributed by atoms with E-state index >= 15 is 0 Å². The Balaban J connectivity index is 2.45. The molecule has 0 aromatic carbocycles. The second kappa shape index (κ2) is 3.57. The topological polar surface area (TPSA) is 26.0 Å². The minimum Gasteiger partial charge on any atom is -0.328 e. The molecule has 1 fully saturated rings. The molecule has 2 N–H and O–H groups in total. The van der Waals surface area contributed by atoms with Crippen LogP contribution in [0.1, 0.15) is 52.4 Å². The Bertz CT molecular complexity index is 106. The largest absolute Gasteiger partial charge is 0.328 e. The fraction of sp³-hybridized carbons (Fsp3) is 1.00. The van der Waals surface area contributed by atoms with Crippen LogP contribution in [0.25, 0.3) is 0 Å². The van der Waals surface area contributed by atoms with Crippen molar-refractivity contribution in [2.75, 3.05) is 0 Å². The highest BCUT2D eigenvalue weighted by Gasteiger charge is 2.30. The smallest absolute Gasteiger partial charge is 0.00392 e. The summed E-state index contributed by atoms with van der Waals surface area (Å²) in [6.07, 6.45) is 7.91. The molecular formula is C10H21N. The number of nitrogens with two attached hydrogens (primary N) is 1. The summed E-state index contributed by atoms with van der Waals surface area (Å²) in [6.45, 7) is 4.64. The average molecular weight is 155 g/mol. The van der Waals surface area contributed by atoms with Gasteiger partial charge < -0.3 is 5.73 Å². The average Bonchev–Trinajstić information content (AvgIpc) is 2.07. The van der Waals surface area contributed by atoms with Crippen LogP contribution < -0.4 is 5.73 Å². The van der Waals surface area contributed by atoms with Crippen molar-refractivity contribution in [2.24, 2.45) is 11.1 Å². The summed E-state index contributed by atoms with van der Waals surface area (Å²) >= 11 is 0. The van der Waals surface area contributed by atoms with Gasteiger partial charge in [-0.1, -0.05) is 26.7 Å². The zero-order chi connectivity index (χ0) is 8.32. The van der Waals surface area contributed by atoms with Crippen molar-refractivity contribution in [1.29, 1.82) is 0 Å². The highest BCUT2D eigenvalue weighted by atomic mass is 14.6. The molecule has 0 atom stereocenters. The van der Waals surface area contributed by atoms with Crippen LogP contribution in [0.15, 0.2) is 0 Å². The summed E-state index contributed by atoms with van der Waals surface area (Å²) in [5.74, 6) is 0. The van der Waals surface area contributed by atoms with Gasteiger partial charge in [0, 0.05) is 6.04 Å². The lowest BCUT2D eigenvalue weighted by Crippen LogP contribution is -2.33. The zero-order valence-electron chi connectivity index (χ0n) is 7.90. The van der Waals surface area contributed by atoms with Gasteiger partial charge in [0.1, 0.15) is 0 Å². The first-order valence-corrected chi connectivity index (χ1v) is 4.98. The van der Waals surface area contributed by atoms with E-state index in [1.165, 1.54) is 38.5 Å². The molecule has 0 bridgehead atoms. The molecule has 0 saturated heterocycles. The van der Waals surface area contributed by atoms with E-state index in [2.05, 4.69) is 13.8 Å². The second-order valence-electron chi connectivity index (χ2n) is 4.04. The molecule has 11 heavy (non-hydrogen) atoms. The van der Waals surface area contributed by atoms with Crippen LogP contribution in [0, 0.1) is 5.41 Å². The Kier molecular flexibility index (Phi) is 2.94. The maximum absolute atomic E-state index is 5.87. The van der Waals surface area contributed by atoms with E-state index < -0.39 is 0 Å². The zero-order valence-corrected chi connectivity index (χ0v) is 7.90. The fourth-order valence-electron chi connectivity index (χ4n) is 2.21. The van der Waals surface area contributed by atoms with E-state index in [1.807, 2.05) is 0 Å². The maximum atomic E-state index is 5.87. The van der Waals surface area contributed by atoms with Crippen molar-refractivity contribution in [1.82, 2.24) is 0 Å². The number of hydrogen-bond donors (Lipinski definition) is 1. The van der Waals surface area contributed by atoms with E-state index in [4.69, 9.17) is 5.73 Å². The third kappa shape index (κ3) is 1.96. The molecule has 0 radical (unpaired) electrons. The van der Waals surface area contributed by atoms with E-state index in [0.717, 1.165) is 0 Å². The first-order chi connectivity index (χ1) is 5.22. The van der Waals surface area contributed by atoms with E-state index in [9.17, 15) is 0 Å². The molecule has 1 aliphatic rings. The van der Waals surface area contributed by atoms with Gasteiger partial charge in [0.25, 0.3) is 0 Å². The van der Waals surface area contributed by atoms with Gasteiger partial charge in [-0.25, -0.2) is 0 Å². The third-order valence-corrected chi connectivity index (χ3v) is 3.59. The molecule has 1 heteroatoms. The van der Waals surface area contributed by atoms with Crippen LogP contribution in [0.4, 0.5) is 0 Å². The first kappa shape index (κ1) is 9.05. The van der Waals surface area contributed by atoms with Crippen molar-refractivity contribution in [3.8, 4) is 0 Å². The lowest BCUT2D eigenvalue weighted by atomic mass is 9.69. The van der Waals surface area contributed by atoms with Gasteiger partial charge in [-0.15, -0.1) is 0 Å². The Labute approximate surface area is 70.4 Å². The second-order valence-corrected chi connectivity index (χ2v) is 4.04. The summed E-state index contributed by atoms with van der Waals surface area (Å²) in [5, 5.41) is 0. The van der Waals surface area contributed by atoms with Gasteiger partial charge in [0.2, 0.25) is 0 Å². The Hall–Kier alpha value is -0.0400. The van der Waals surface area contributed by atoms with Crippen LogP contribution >= 0.6 is 0 Å². The maximum Gasteiger partial charge on any atom is 0.00392 e. The molecule has 0 unspecified atom stereocenters. The predicted molar refractivity (Wildman–Crippen MR) is 49.5 cm³/mol. The summed E-state index contributed by atoms with van der Waals surface area (Å²) in [7, 11) is 0. The molecule has 0 aromatic rings. The molecule has 0 aliphatic heterocycles. The van der Waals surface area contributed by atoms with Crippen LogP contribution in [0.3, 0.4) is 0 Å². The van der Waals surface area contributed by atoms with Crippen molar-refractivity contribution in [2.45, 2.75) is 58.4 Å². The normalized spacial score (nSPS) is 25.4. The van der Waals surface area contributed by atoms with Gasteiger partial charge in [-0.05, 0) is 31.1 Å². The third-order valence-electron chi connectivity index (χ3n) is 3.59. The van der Waals surface area contributed by atoms with Crippen LogP contribution in [-0.4, -0.2) is 6.04 Å². The highest BCUT2D eigenvalue weighted by Crippen LogP contribution is 2.41. The van der Waals surface area contributed by atoms with Crippen LogP contribution in [0.2, 0.25) is 0 Å². The van der Waals surface area contributed by atoms with E-state index in [0.29, 0.717) is 11.5 Å². The van der Waals surface area contributed by atoms with Crippen molar-refractivity contribution in [3.05, 3.63) is 0 Å². The molecule has 66 valence electrons. The van der Waals surface area contributed by atoms with Gasteiger partial charge in [-0.3, -0.25) is 0 Å². The van der Waals surface area contributed by atoms with Crippen molar-refractivity contribution in [3.63, 3.8) is 0 Å². The minimum atomic E-state index is 0.501. The van der Waals surface area contributed by atoms with E-state index in [-0.39, 0.29) is 0 Å². The first-order valence-electron chi connectivity index (χ1n) is 4.98. The Morgan fingerprint density at radius 1 is 1.18 bits per heavy atom. The molecule has 0 spiro atoms. The fourth-order valence-corrected chi connectivity index (χ4v) is 2.21. The molecule has 0 aromatic heterocycles. The Morgan fingerprint density at radius 3 is 2.00 bits per heavy atom. The lowest BCUT2D eigenvalue weighted by molar-refractivity contribution is 0.160. The van der Waals surface area contributed by atoms with Gasteiger partial charge >= 0.3 is 0 Å². The molecule has 1 rings (SSSR count). The summed E-state index contributed by atoms with van der Waals surface area (Å²) in [5.41, 5.74) is 6.53. The summed E-state index contributed by atoms with van der Waals surface area (Å²) < 4.78 is 0. The van der Waals surface area contributed by atoms with Crippen molar-refractivity contribution < 1.29 is 0 Å². The molecule has 1 aliphatic carbocycles.